The molecule has 1 aromatic rings. The lowest BCUT2D eigenvalue weighted by molar-refractivity contribution is 0.427. The van der Waals surface area contributed by atoms with E-state index in [4.69, 9.17) is 11.5 Å². The molecule has 0 aliphatic rings. The van der Waals surface area contributed by atoms with Crippen molar-refractivity contribution in [3.63, 3.8) is 0 Å². The molecule has 1 rings (SSSR count). The second-order valence-electron chi connectivity index (χ2n) is 7.57. The average molecular weight is 262 g/mol. The number of benzene rings is 1. The summed E-state index contributed by atoms with van der Waals surface area (Å²) in [7, 11) is 0. The highest BCUT2D eigenvalue weighted by atomic mass is 14.7. The van der Waals surface area contributed by atoms with Gasteiger partial charge in [-0.15, -0.1) is 0 Å². The van der Waals surface area contributed by atoms with Crippen LogP contribution >= 0.6 is 0 Å². The van der Waals surface area contributed by atoms with Crippen LogP contribution in [0.1, 0.15) is 69.3 Å². The van der Waals surface area contributed by atoms with Gasteiger partial charge in [0, 0.05) is 11.6 Å². The third-order valence-electron chi connectivity index (χ3n) is 3.58. The normalized spacial score (nSPS) is 14.6. The quantitative estimate of drug-likeness (QED) is 0.872. The summed E-state index contributed by atoms with van der Waals surface area (Å²) in [5.41, 5.74) is 17.6. The van der Waals surface area contributed by atoms with E-state index in [0.29, 0.717) is 0 Å². The molecule has 0 aliphatic carbocycles. The van der Waals surface area contributed by atoms with Crippen LogP contribution in [0, 0.1) is 13.8 Å². The first-order valence-electron chi connectivity index (χ1n) is 7.08. The molecule has 0 saturated carbocycles. The van der Waals surface area contributed by atoms with Gasteiger partial charge in [-0.25, -0.2) is 0 Å². The lowest BCUT2D eigenvalue weighted by Crippen LogP contribution is -2.36. The maximum Gasteiger partial charge on any atom is 0.0317 e. The van der Waals surface area contributed by atoms with Crippen molar-refractivity contribution in [1.29, 1.82) is 0 Å². The van der Waals surface area contributed by atoms with E-state index in [9.17, 15) is 0 Å². The lowest BCUT2D eigenvalue weighted by Gasteiger charge is -2.28. The van der Waals surface area contributed by atoms with Crippen LogP contribution < -0.4 is 11.5 Å². The standard InChI is InChI=1S/C17H30N2/c1-11-8-13(16(3,4)5)9-12(2)15(11)14(18)10-17(6,7)19/h8-9,14H,10,18-19H2,1-7H3. The molecule has 108 valence electrons. The van der Waals surface area contributed by atoms with Gasteiger partial charge in [-0.1, -0.05) is 32.9 Å². The van der Waals surface area contributed by atoms with Gasteiger partial charge in [-0.05, 0) is 61.8 Å². The summed E-state index contributed by atoms with van der Waals surface area (Å²) < 4.78 is 0. The maximum atomic E-state index is 6.36. The van der Waals surface area contributed by atoms with Gasteiger partial charge < -0.3 is 11.5 Å². The summed E-state index contributed by atoms with van der Waals surface area (Å²) in [6, 6.07) is 4.55. The maximum absolute atomic E-state index is 6.36. The fourth-order valence-electron chi connectivity index (χ4n) is 2.66. The van der Waals surface area contributed by atoms with Crippen molar-refractivity contribution in [1.82, 2.24) is 0 Å². The van der Waals surface area contributed by atoms with Gasteiger partial charge in [-0.3, -0.25) is 0 Å². The van der Waals surface area contributed by atoms with Gasteiger partial charge in [-0.2, -0.15) is 0 Å². The van der Waals surface area contributed by atoms with Crippen molar-refractivity contribution < 1.29 is 0 Å². The highest BCUT2D eigenvalue weighted by molar-refractivity contribution is 5.42. The van der Waals surface area contributed by atoms with E-state index in [1.165, 1.54) is 22.3 Å². The van der Waals surface area contributed by atoms with E-state index in [1.54, 1.807) is 0 Å². The molecule has 0 heterocycles. The predicted octanol–water partition coefficient (Wildman–Crippen LogP) is 3.73. The van der Waals surface area contributed by atoms with Gasteiger partial charge in [0.15, 0.2) is 0 Å². The number of nitrogens with two attached hydrogens (primary N) is 2. The van der Waals surface area contributed by atoms with Gasteiger partial charge in [0.1, 0.15) is 0 Å². The first-order chi connectivity index (χ1) is 8.42. The van der Waals surface area contributed by atoms with Gasteiger partial charge in [0.2, 0.25) is 0 Å². The Hall–Kier alpha value is -0.860. The van der Waals surface area contributed by atoms with Crippen LogP contribution in [0.2, 0.25) is 0 Å². The first kappa shape index (κ1) is 16.2. The first-order valence-corrected chi connectivity index (χ1v) is 7.08. The predicted molar refractivity (Wildman–Crippen MR) is 84.4 cm³/mol. The van der Waals surface area contributed by atoms with Gasteiger partial charge >= 0.3 is 0 Å². The molecule has 0 aromatic heterocycles. The monoisotopic (exact) mass is 262 g/mol. The highest BCUT2D eigenvalue weighted by Crippen LogP contribution is 2.31. The van der Waals surface area contributed by atoms with Crippen LogP contribution in [-0.2, 0) is 5.41 Å². The van der Waals surface area contributed by atoms with Crippen LogP contribution in [-0.4, -0.2) is 5.54 Å². The van der Waals surface area contributed by atoms with E-state index in [0.717, 1.165) is 6.42 Å². The Kier molecular flexibility index (Phi) is 4.48. The van der Waals surface area contributed by atoms with Crippen molar-refractivity contribution >= 4 is 0 Å². The summed E-state index contributed by atoms with van der Waals surface area (Å²) in [4.78, 5) is 0. The number of hydrogen-bond donors (Lipinski definition) is 2. The van der Waals surface area contributed by atoms with Crippen molar-refractivity contribution in [2.45, 2.75) is 71.9 Å². The Morgan fingerprint density at radius 3 is 1.74 bits per heavy atom. The zero-order chi connectivity index (χ0) is 15.0. The van der Waals surface area contributed by atoms with Gasteiger partial charge in [0.25, 0.3) is 0 Å². The number of rotatable bonds is 3. The molecule has 1 aromatic carbocycles. The SMILES string of the molecule is Cc1cc(C(C)(C)C)cc(C)c1C(N)CC(C)(C)N. The Morgan fingerprint density at radius 2 is 1.42 bits per heavy atom. The molecule has 0 saturated heterocycles. The van der Waals surface area contributed by atoms with Crippen LogP contribution in [0.15, 0.2) is 12.1 Å². The molecule has 0 spiro atoms. The molecule has 1 atom stereocenters. The zero-order valence-electron chi connectivity index (χ0n) is 13.6. The number of aryl methyl sites for hydroxylation is 2. The average Bonchev–Trinajstić information content (AvgIpc) is 2.11. The highest BCUT2D eigenvalue weighted by Gasteiger charge is 2.22. The number of hydrogen-bond acceptors (Lipinski definition) is 2. The molecular weight excluding hydrogens is 232 g/mol. The van der Waals surface area contributed by atoms with E-state index >= 15 is 0 Å². The van der Waals surface area contributed by atoms with Crippen LogP contribution in [0.5, 0.6) is 0 Å². The van der Waals surface area contributed by atoms with Crippen LogP contribution in [0.25, 0.3) is 0 Å². The lowest BCUT2D eigenvalue weighted by atomic mass is 9.81. The molecule has 0 fully saturated rings. The summed E-state index contributed by atoms with van der Waals surface area (Å²) in [6.45, 7) is 15.1. The molecule has 2 nitrogen and oxygen atoms in total. The summed E-state index contributed by atoms with van der Waals surface area (Å²) in [5, 5.41) is 0. The summed E-state index contributed by atoms with van der Waals surface area (Å²) >= 11 is 0. The topological polar surface area (TPSA) is 52.0 Å². The second kappa shape index (κ2) is 5.26. The molecular formula is C17H30N2. The Balaban J connectivity index is 3.18. The summed E-state index contributed by atoms with van der Waals surface area (Å²) in [5.74, 6) is 0. The van der Waals surface area contributed by atoms with Crippen LogP contribution in [0.3, 0.4) is 0 Å². The minimum Gasteiger partial charge on any atom is -0.325 e. The minimum absolute atomic E-state index is 0.00835. The smallest absolute Gasteiger partial charge is 0.0317 e. The molecule has 4 N–H and O–H groups in total. The zero-order valence-corrected chi connectivity index (χ0v) is 13.6. The molecule has 0 radical (unpaired) electrons. The van der Waals surface area contributed by atoms with Crippen molar-refractivity contribution in [3.8, 4) is 0 Å². The summed E-state index contributed by atoms with van der Waals surface area (Å²) in [6.07, 6.45) is 0.795. The van der Waals surface area contributed by atoms with Crippen LogP contribution in [0.4, 0.5) is 0 Å². The third-order valence-corrected chi connectivity index (χ3v) is 3.58. The molecule has 2 heteroatoms. The van der Waals surface area contributed by atoms with Crippen molar-refractivity contribution in [2.24, 2.45) is 11.5 Å². The largest absolute Gasteiger partial charge is 0.325 e. The van der Waals surface area contributed by atoms with Crippen molar-refractivity contribution in [3.05, 3.63) is 34.4 Å². The third kappa shape index (κ3) is 4.32. The molecule has 0 amide bonds. The Morgan fingerprint density at radius 1 is 1.00 bits per heavy atom. The fourth-order valence-corrected chi connectivity index (χ4v) is 2.66. The van der Waals surface area contributed by atoms with Gasteiger partial charge in [0.05, 0.1) is 0 Å². The molecule has 1 unspecified atom stereocenters. The molecule has 0 aliphatic heterocycles. The minimum atomic E-state index is -0.235. The second-order valence-corrected chi connectivity index (χ2v) is 7.57. The Labute approximate surface area is 118 Å². The van der Waals surface area contributed by atoms with E-state index in [-0.39, 0.29) is 17.0 Å². The molecule has 0 bridgehead atoms. The van der Waals surface area contributed by atoms with Crippen molar-refractivity contribution in [2.75, 3.05) is 0 Å². The molecule has 19 heavy (non-hydrogen) atoms. The Bertz CT molecular complexity index is 424. The van der Waals surface area contributed by atoms with E-state index in [2.05, 4.69) is 46.8 Å². The van der Waals surface area contributed by atoms with E-state index < -0.39 is 0 Å². The fraction of sp³-hybridized carbons (Fsp3) is 0.647. The van der Waals surface area contributed by atoms with E-state index in [1.807, 2.05) is 13.8 Å².